The van der Waals surface area contributed by atoms with E-state index in [9.17, 15) is 0 Å². The van der Waals surface area contributed by atoms with Crippen molar-refractivity contribution in [1.29, 1.82) is 0 Å². The van der Waals surface area contributed by atoms with Crippen molar-refractivity contribution >= 4 is 5.96 Å². The number of guanidine groups is 1. The zero-order valence-corrected chi connectivity index (χ0v) is 12.6. The molecule has 0 fully saturated rings. The highest BCUT2D eigenvalue weighted by Gasteiger charge is 2.03. The monoisotopic (exact) mass is 286 g/mol. The molecule has 1 aromatic heterocycles. The van der Waals surface area contributed by atoms with Crippen LogP contribution < -0.4 is 10.6 Å². The quantitative estimate of drug-likeness (QED) is 0.618. The van der Waals surface area contributed by atoms with E-state index < -0.39 is 0 Å². The summed E-state index contributed by atoms with van der Waals surface area (Å²) >= 11 is 0. The van der Waals surface area contributed by atoms with Gasteiger partial charge >= 0.3 is 0 Å². The van der Waals surface area contributed by atoms with Crippen LogP contribution >= 0.6 is 0 Å². The van der Waals surface area contributed by atoms with Gasteiger partial charge in [0.15, 0.2) is 11.8 Å². The normalized spacial score (nSPS) is 11.4. The Kier molecular flexibility index (Phi) is 5.75. The highest BCUT2D eigenvalue weighted by Crippen LogP contribution is 1.98. The number of nitrogens with zero attached hydrogens (tertiary/aromatic N) is 4. The van der Waals surface area contributed by atoms with Gasteiger partial charge in [0.05, 0.1) is 6.54 Å². The fraction of sp³-hybridized carbons (Fsp3) is 0.400. The molecule has 0 aliphatic heterocycles. The van der Waals surface area contributed by atoms with Gasteiger partial charge in [-0.1, -0.05) is 30.3 Å². The minimum absolute atomic E-state index is 0.610. The lowest BCUT2D eigenvalue weighted by molar-refractivity contribution is 0.669. The van der Waals surface area contributed by atoms with Gasteiger partial charge in [0.25, 0.3) is 0 Å². The van der Waals surface area contributed by atoms with Crippen LogP contribution in [0.2, 0.25) is 0 Å². The molecule has 2 rings (SSSR count). The molecule has 6 heteroatoms. The Labute approximate surface area is 125 Å². The standard InChI is InChI=1S/C15H22N6/c1-3-21-12-19-20-14(21)11-18-15(16-2)17-10-9-13-7-5-4-6-8-13/h4-8,12H,3,9-11H2,1-2H3,(H2,16,17,18). The maximum Gasteiger partial charge on any atom is 0.191 e. The number of aryl methyl sites for hydroxylation is 1. The second kappa shape index (κ2) is 8.04. The van der Waals surface area contributed by atoms with Gasteiger partial charge in [-0.2, -0.15) is 0 Å². The van der Waals surface area contributed by atoms with Crippen molar-refractivity contribution in [3.05, 3.63) is 48.0 Å². The Bertz CT molecular complexity index is 561. The smallest absolute Gasteiger partial charge is 0.191 e. The van der Waals surface area contributed by atoms with E-state index in [0.717, 1.165) is 31.3 Å². The molecule has 2 N–H and O–H groups in total. The highest BCUT2D eigenvalue weighted by atomic mass is 15.3. The van der Waals surface area contributed by atoms with Crippen LogP contribution in [0.25, 0.3) is 0 Å². The molecule has 0 unspecified atom stereocenters. The lowest BCUT2D eigenvalue weighted by Crippen LogP contribution is -2.38. The topological polar surface area (TPSA) is 67.1 Å². The van der Waals surface area contributed by atoms with Crippen LogP contribution in [-0.4, -0.2) is 34.3 Å². The van der Waals surface area contributed by atoms with Crippen LogP contribution in [0.4, 0.5) is 0 Å². The summed E-state index contributed by atoms with van der Waals surface area (Å²) < 4.78 is 2.00. The van der Waals surface area contributed by atoms with E-state index in [1.165, 1.54) is 5.56 Å². The molecular formula is C15H22N6. The molecule has 6 nitrogen and oxygen atoms in total. The predicted molar refractivity (Wildman–Crippen MR) is 84.0 cm³/mol. The maximum absolute atomic E-state index is 4.21. The summed E-state index contributed by atoms with van der Waals surface area (Å²) in [7, 11) is 1.77. The lowest BCUT2D eigenvalue weighted by atomic mass is 10.1. The number of nitrogens with one attached hydrogen (secondary N) is 2. The molecule has 112 valence electrons. The molecule has 1 aromatic carbocycles. The van der Waals surface area contributed by atoms with Crippen molar-refractivity contribution < 1.29 is 0 Å². The summed E-state index contributed by atoms with van der Waals surface area (Å²) in [6, 6.07) is 10.4. The molecule has 0 saturated heterocycles. The Morgan fingerprint density at radius 1 is 1.24 bits per heavy atom. The van der Waals surface area contributed by atoms with Crippen LogP contribution in [-0.2, 0) is 19.5 Å². The molecule has 0 saturated carbocycles. The van der Waals surface area contributed by atoms with Gasteiger partial charge < -0.3 is 15.2 Å². The number of aliphatic imine (C=N–C) groups is 1. The SMILES string of the molecule is CCn1cnnc1CNC(=NC)NCCc1ccccc1. The Hall–Kier alpha value is -2.37. The summed E-state index contributed by atoms with van der Waals surface area (Å²) in [6.07, 6.45) is 2.70. The van der Waals surface area contributed by atoms with Crippen molar-refractivity contribution in [2.45, 2.75) is 26.4 Å². The third kappa shape index (κ3) is 4.59. The Morgan fingerprint density at radius 2 is 2.05 bits per heavy atom. The first-order chi connectivity index (χ1) is 10.3. The van der Waals surface area contributed by atoms with Crippen molar-refractivity contribution in [1.82, 2.24) is 25.4 Å². The van der Waals surface area contributed by atoms with Gasteiger partial charge in [0.2, 0.25) is 0 Å². The molecule has 21 heavy (non-hydrogen) atoms. The fourth-order valence-corrected chi connectivity index (χ4v) is 2.03. The van der Waals surface area contributed by atoms with Crippen LogP contribution in [0.1, 0.15) is 18.3 Å². The number of hydrogen-bond donors (Lipinski definition) is 2. The van der Waals surface area contributed by atoms with Crippen molar-refractivity contribution in [3.8, 4) is 0 Å². The van der Waals surface area contributed by atoms with Crippen LogP contribution in [0.15, 0.2) is 41.7 Å². The number of hydrogen-bond acceptors (Lipinski definition) is 3. The number of rotatable bonds is 6. The molecule has 0 spiro atoms. The zero-order chi connectivity index (χ0) is 14.9. The highest BCUT2D eigenvalue weighted by molar-refractivity contribution is 5.79. The minimum atomic E-state index is 0.610. The predicted octanol–water partition coefficient (Wildman–Crippen LogP) is 1.21. The lowest BCUT2D eigenvalue weighted by Gasteiger charge is -2.11. The molecule has 0 amide bonds. The van der Waals surface area contributed by atoms with Crippen molar-refractivity contribution in [2.75, 3.05) is 13.6 Å². The second-order valence-electron chi connectivity index (χ2n) is 4.62. The van der Waals surface area contributed by atoms with Crippen molar-refractivity contribution in [2.24, 2.45) is 4.99 Å². The molecule has 0 atom stereocenters. The molecule has 0 aliphatic carbocycles. The number of aromatic nitrogens is 3. The molecule has 0 bridgehead atoms. The first-order valence-electron chi connectivity index (χ1n) is 7.18. The second-order valence-corrected chi connectivity index (χ2v) is 4.62. The largest absolute Gasteiger partial charge is 0.356 e. The third-order valence-electron chi connectivity index (χ3n) is 3.22. The summed E-state index contributed by atoms with van der Waals surface area (Å²) in [6.45, 7) is 4.38. The van der Waals surface area contributed by atoms with E-state index in [1.807, 2.05) is 10.6 Å². The van der Waals surface area contributed by atoms with Crippen LogP contribution in [0, 0.1) is 0 Å². The van der Waals surface area contributed by atoms with E-state index in [0.29, 0.717) is 6.54 Å². The Balaban J connectivity index is 1.76. The first kappa shape index (κ1) is 15.0. The van der Waals surface area contributed by atoms with Gasteiger partial charge in [0, 0.05) is 20.1 Å². The summed E-state index contributed by atoms with van der Waals surface area (Å²) in [5.74, 6) is 1.68. The van der Waals surface area contributed by atoms with Gasteiger partial charge in [-0.25, -0.2) is 0 Å². The van der Waals surface area contributed by atoms with Gasteiger partial charge in [-0.05, 0) is 18.9 Å². The zero-order valence-electron chi connectivity index (χ0n) is 12.6. The van der Waals surface area contributed by atoms with Gasteiger partial charge in [-0.15, -0.1) is 10.2 Å². The van der Waals surface area contributed by atoms with E-state index in [2.05, 4.69) is 57.0 Å². The van der Waals surface area contributed by atoms with Gasteiger partial charge in [-0.3, -0.25) is 4.99 Å². The average molecular weight is 286 g/mol. The molecule has 2 aromatic rings. The van der Waals surface area contributed by atoms with E-state index in [1.54, 1.807) is 13.4 Å². The first-order valence-corrected chi connectivity index (χ1v) is 7.18. The molecule has 0 radical (unpaired) electrons. The van der Waals surface area contributed by atoms with E-state index in [4.69, 9.17) is 0 Å². The van der Waals surface area contributed by atoms with Crippen LogP contribution in [0.5, 0.6) is 0 Å². The summed E-state index contributed by atoms with van der Waals surface area (Å²) in [5, 5.41) is 14.5. The Morgan fingerprint density at radius 3 is 2.76 bits per heavy atom. The molecule has 0 aliphatic rings. The maximum atomic E-state index is 4.21. The van der Waals surface area contributed by atoms with E-state index in [-0.39, 0.29) is 0 Å². The average Bonchev–Trinajstić information content (AvgIpc) is 2.99. The fourth-order valence-electron chi connectivity index (χ4n) is 2.03. The molecular weight excluding hydrogens is 264 g/mol. The summed E-state index contributed by atoms with van der Waals surface area (Å²) in [5.41, 5.74) is 1.31. The number of benzene rings is 1. The summed E-state index contributed by atoms with van der Waals surface area (Å²) in [4.78, 5) is 4.21. The third-order valence-corrected chi connectivity index (χ3v) is 3.22. The van der Waals surface area contributed by atoms with Crippen molar-refractivity contribution in [3.63, 3.8) is 0 Å². The van der Waals surface area contributed by atoms with Gasteiger partial charge in [0.1, 0.15) is 6.33 Å². The minimum Gasteiger partial charge on any atom is -0.356 e. The van der Waals surface area contributed by atoms with E-state index >= 15 is 0 Å². The van der Waals surface area contributed by atoms with Crippen LogP contribution in [0.3, 0.4) is 0 Å². The molecule has 1 heterocycles.